The van der Waals surface area contributed by atoms with E-state index in [0.29, 0.717) is 18.1 Å². The monoisotopic (exact) mass is 412 g/mol. The SMILES string of the molecule is O=C(Cc1ccc2[nH]cc(C3CCC4CCCN4C3)c2c1)c1cc(F)c(F)cc1F. The lowest BCUT2D eigenvalue weighted by atomic mass is 9.87. The predicted molar refractivity (Wildman–Crippen MR) is 109 cm³/mol. The molecule has 0 saturated carbocycles. The first kappa shape index (κ1) is 19.4. The summed E-state index contributed by atoms with van der Waals surface area (Å²) in [6.07, 6.45) is 6.93. The van der Waals surface area contributed by atoms with Crippen LogP contribution >= 0.6 is 0 Å². The Morgan fingerprint density at radius 3 is 2.73 bits per heavy atom. The van der Waals surface area contributed by atoms with Gasteiger partial charge in [-0.1, -0.05) is 6.07 Å². The summed E-state index contributed by atoms with van der Waals surface area (Å²) in [5, 5.41) is 1.08. The summed E-state index contributed by atoms with van der Waals surface area (Å²) in [6, 6.07) is 7.49. The van der Waals surface area contributed by atoms with Gasteiger partial charge in [-0.2, -0.15) is 0 Å². The van der Waals surface area contributed by atoms with Crippen molar-refractivity contribution in [3.05, 3.63) is 70.7 Å². The summed E-state index contributed by atoms with van der Waals surface area (Å²) in [5.41, 5.74) is 2.57. The molecule has 0 spiro atoms. The number of fused-ring (bicyclic) bond motifs is 2. The normalized spacial score (nSPS) is 21.8. The van der Waals surface area contributed by atoms with E-state index >= 15 is 0 Å². The smallest absolute Gasteiger partial charge is 0.170 e. The lowest BCUT2D eigenvalue weighted by molar-refractivity contribution is 0.0988. The number of hydrogen-bond donors (Lipinski definition) is 1. The lowest BCUT2D eigenvalue weighted by Gasteiger charge is -2.35. The molecular weight excluding hydrogens is 389 g/mol. The number of nitrogens with zero attached hydrogens (tertiary/aromatic N) is 1. The van der Waals surface area contributed by atoms with Gasteiger partial charge in [0.2, 0.25) is 0 Å². The van der Waals surface area contributed by atoms with E-state index in [1.54, 1.807) is 0 Å². The number of Topliss-reactive ketones (excluding diaryl/α,β-unsaturated/α-hetero) is 1. The summed E-state index contributed by atoms with van der Waals surface area (Å²) in [4.78, 5) is 18.5. The Bertz CT molecular complexity index is 1120. The van der Waals surface area contributed by atoms with Gasteiger partial charge in [-0.05, 0) is 67.5 Å². The molecule has 6 heteroatoms. The standard InChI is InChI=1S/C24H23F3N2O/c25-20-11-22(27)21(26)10-18(20)24(30)9-14-3-6-23-17(8-14)19(12-28-23)15-4-5-16-2-1-7-29(16)13-15/h3,6,8,10-12,15-16,28H,1-2,4-5,7,9,13H2. The fourth-order valence-electron chi connectivity index (χ4n) is 5.14. The number of carbonyl (C=O) groups excluding carboxylic acids is 1. The van der Waals surface area contributed by atoms with Gasteiger partial charge in [0.25, 0.3) is 0 Å². The number of aromatic nitrogens is 1. The summed E-state index contributed by atoms with van der Waals surface area (Å²) in [7, 11) is 0. The van der Waals surface area contributed by atoms with E-state index in [-0.39, 0.29) is 6.42 Å². The van der Waals surface area contributed by atoms with Crippen molar-refractivity contribution in [1.29, 1.82) is 0 Å². The molecule has 3 heterocycles. The number of rotatable bonds is 4. The quantitative estimate of drug-likeness (QED) is 0.463. The van der Waals surface area contributed by atoms with Crippen molar-refractivity contribution < 1.29 is 18.0 Å². The van der Waals surface area contributed by atoms with Crippen molar-refractivity contribution >= 4 is 16.7 Å². The van der Waals surface area contributed by atoms with E-state index in [1.165, 1.54) is 31.4 Å². The number of halogens is 3. The zero-order valence-corrected chi connectivity index (χ0v) is 16.6. The van der Waals surface area contributed by atoms with Crippen LogP contribution < -0.4 is 0 Å². The molecule has 0 aliphatic carbocycles. The highest BCUT2D eigenvalue weighted by Gasteiger charge is 2.33. The Morgan fingerprint density at radius 1 is 1.03 bits per heavy atom. The number of aromatic amines is 1. The molecule has 0 bridgehead atoms. The summed E-state index contributed by atoms with van der Waals surface area (Å²) >= 11 is 0. The van der Waals surface area contributed by atoms with Gasteiger partial charge >= 0.3 is 0 Å². The Hall–Kier alpha value is -2.60. The first-order chi connectivity index (χ1) is 14.5. The van der Waals surface area contributed by atoms with Crippen molar-refractivity contribution in [1.82, 2.24) is 9.88 Å². The van der Waals surface area contributed by atoms with E-state index in [4.69, 9.17) is 0 Å². The van der Waals surface area contributed by atoms with Gasteiger partial charge in [0, 0.05) is 42.2 Å². The largest absolute Gasteiger partial charge is 0.361 e. The molecule has 2 saturated heterocycles. The van der Waals surface area contributed by atoms with E-state index in [2.05, 4.69) is 16.1 Å². The third-order valence-electron chi connectivity index (χ3n) is 6.70. The van der Waals surface area contributed by atoms with Crippen molar-refractivity contribution in [2.24, 2.45) is 0 Å². The molecule has 3 aromatic rings. The van der Waals surface area contributed by atoms with Gasteiger partial charge in [-0.15, -0.1) is 0 Å². The molecule has 3 nitrogen and oxygen atoms in total. The maximum atomic E-state index is 14.0. The number of piperidine rings is 1. The molecule has 0 radical (unpaired) electrons. The lowest BCUT2D eigenvalue weighted by Crippen LogP contribution is -2.37. The van der Waals surface area contributed by atoms with Crippen molar-refractivity contribution in [2.75, 3.05) is 13.1 Å². The second-order valence-electron chi connectivity index (χ2n) is 8.54. The third kappa shape index (κ3) is 3.43. The molecule has 2 atom stereocenters. The second kappa shape index (κ2) is 7.58. The Labute approximate surface area is 172 Å². The van der Waals surface area contributed by atoms with Crippen molar-refractivity contribution in [3.8, 4) is 0 Å². The molecule has 156 valence electrons. The van der Waals surface area contributed by atoms with E-state index in [0.717, 1.165) is 35.5 Å². The Kier molecular flexibility index (Phi) is 4.89. The zero-order chi connectivity index (χ0) is 20.8. The fraction of sp³-hybridized carbons (Fsp3) is 0.375. The minimum absolute atomic E-state index is 0.0680. The van der Waals surface area contributed by atoms with Crippen LogP contribution in [0.15, 0.2) is 36.5 Å². The van der Waals surface area contributed by atoms with Crippen molar-refractivity contribution in [3.63, 3.8) is 0 Å². The molecular formula is C24H23F3N2O. The van der Waals surface area contributed by atoms with Gasteiger partial charge in [0.05, 0.1) is 5.56 Å². The molecule has 2 aliphatic rings. The van der Waals surface area contributed by atoms with Crippen LogP contribution in [-0.4, -0.2) is 34.8 Å². The average molecular weight is 412 g/mol. The van der Waals surface area contributed by atoms with E-state index < -0.39 is 28.8 Å². The Morgan fingerprint density at radius 2 is 1.87 bits per heavy atom. The van der Waals surface area contributed by atoms with Crippen LogP contribution in [0.25, 0.3) is 10.9 Å². The van der Waals surface area contributed by atoms with Crippen molar-refractivity contribution in [2.45, 2.75) is 44.1 Å². The van der Waals surface area contributed by atoms with Gasteiger partial charge in [-0.25, -0.2) is 13.2 Å². The highest BCUT2D eigenvalue weighted by Crippen LogP contribution is 2.37. The third-order valence-corrected chi connectivity index (χ3v) is 6.70. The van der Waals surface area contributed by atoms with Gasteiger partial charge in [-0.3, -0.25) is 9.69 Å². The first-order valence-electron chi connectivity index (χ1n) is 10.5. The molecule has 2 aliphatic heterocycles. The van der Waals surface area contributed by atoms with Crippen LogP contribution in [0.3, 0.4) is 0 Å². The fourth-order valence-corrected chi connectivity index (χ4v) is 5.14. The molecule has 30 heavy (non-hydrogen) atoms. The molecule has 0 amide bonds. The number of nitrogens with one attached hydrogen (secondary N) is 1. The number of H-pyrrole nitrogens is 1. The number of hydrogen-bond acceptors (Lipinski definition) is 2. The van der Waals surface area contributed by atoms with Crippen LogP contribution in [0.2, 0.25) is 0 Å². The maximum Gasteiger partial charge on any atom is 0.170 e. The molecule has 2 aromatic carbocycles. The number of ketones is 1. The molecule has 2 unspecified atom stereocenters. The molecule has 2 fully saturated rings. The van der Waals surface area contributed by atoms with Crippen LogP contribution in [0.5, 0.6) is 0 Å². The Balaban J connectivity index is 1.40. The molecule has 1 N–H and O–H groups in total. The van der Waals surface area contributed by atoms with E-state index in [1.807, 2.05) is 18.2 Å². The summed E-state index contributed by atoms with van der Waals surface area (Å²) in [5.74, 6) is -3.68. The summed E-state index contributed by atoms with van der Waals surface area (Å²) in [6.45, 7) is 2.23. The highest BCUT2D eigenvalue weighted by molar-refractivity contribution is 5.98. The van der Waals surface area contributed by atoms with Gasteiger partial charge < -0.3 is 4.98 Å². The minimum atomic E-state index is -1.30. The average Bonchev–Trinajstić information content (AvgIpc) is 3.36. The topological polar surface area (TPSA) is 36.1 Å². The maximum absolute atomic E-state index is 14.0. The van der Waals surface area contributed by atoms with Crippen LogP contribution in [0.4, 0.5) is 13.2 Å². The first-order valence-corrected chi connectivity index (χ1v) is 10.5. The van der Waals surface area contributed by atoms with Gasteiger partial charge in [0.1, 0.15) is 5.82 Å². The number of benzene rings is 2. The van der Waals surface area contributed by atoms with Crippen LogP contribution in [0, 0.1) is 17.5 Å². The molecule has 5 rings (SSSR count). The van der Waals surface area contributed by atoms with Crippen LogP contribution in [-0.2, 0) is 6.42 Å². The molecule has 1 aromatic heterocycles. The minimum Gasteiger partial charge on any atom is -0.361 e. The van der Waals surface area contributed by atoms with Crippen LogP contribution in [0.1, 0.15) is 53.1 Å². The number of carbonyl (C=O) groups is 1. The summed E-state index contributed by atoms with van der Waals surface area (Å²) < 4.78 is 40.6. The predicted octanol–water partition coefficient (Wildman–Crippen LogP) is 5.35. The highest BCUT2D eigenvalue weighted by atomic mass is 19.2. The second-order valence-corrected chi connectivity index (χ2v) is 8.54. The van der Waals surface area contributed by atoms with E-state index in [9.17, 15) is 18.0 Å². The zero-order valence-electron chi connectivity index (χ0n) is 16.6. The van der Waals surface area contributed by atoms with Gasteiger partial charge in [0.15, 0.2) is 17.4 Å².